The van der Waals surface area contributed by atoms with Crippen LogP contribution in [0.2, 0.25) is 5.02 Å². The summed E-state index contributed by atoms with van der Waals surface area (Å²) in [7, 11) is 1.25. The second-order valence-corrected chi connectivity index (χ2v) is 13.5. The van der Waals surface area contributed by atoms with Gasteiger partial charge >= 0.3 is 6.18 Å². The number of likely N-dealkylation sites (tertiary alicyclic amines) is 1. The smallest absolute Gasteiger partial charge is 0.421 e. The molecule has 43 heavy (non-hydrogen) atoms. The van der Waals surface area contributed by atoms with Crippen molar-refractivity contribution in [3.63, 3.8) is 0 Å². The highest BCUT2D eigenvalue weighted by molar-refractivity contribution is 7.88. The first-order valence-electron chi connectivity index (χ1n) is 13.9. The average Bonchev–Trinajstić information content (AvgIpc) is 2.93. The van der Waals surface area contributed by atoms with Crippen LogP contribution >= 0.6 is 11.6 Å². The lowest BCUT2D eigenvalue weighted by atomic mass is 9.90. The number of rotatable bonds is 9. The van der Waals surface area contributed by atoms with Gasteiger partial charge in [0.25, 0.3) is 5.91 Å². The average molecular weight is 648 g/mol. The Labute approximate surface area is 254 Å². The van der Waals surface area contributed by atoms with E-state index in [2.05, 4.69) is 30.8 Å². The molecular weight excluding hydrogens is 611 g/mol. The number of alkyl halides is 3. The molecule has 16 heteroatoms. The van der Waals surface area contributed by atoms with Gasteiger partial charge in [-0.05, 0) is 58.0 Å². The first-order chi connectivity index (χ1) is 20.2. The van der Waals surface area contributed by atoms with E-state index in [0.29, 0.717) is 19.0 Å². The van der Waals surface area contributed by atoms with Crippen LogP contribution in [0.15, 0.2) is 18.3 Å². The van der Waals surface area contributed by atoms with Gasteiger partial charge < -0.3 is 25.6 Å². The molecule has 1 aromatic heterocycles. The standard InChI is InChI=1S/C27H37ClF3N7O4S/c1-37-11-9-16(10-12-37)33-25(39)17-13-23(42-3)21(14-19(17)28)35-26-32-15-18(27(29,30)31)24(36-26)34-20-7-5-6-8-22(20)38(2)43(4,40)41/h13-16,20,22H,5-12H2,1-4H3,(H,33,39)(H2,32,34,35,36)/t20-,22?/m1/s1. The van der Waals surface area contributed by atoms with Gasteiger partial charge in [-0.1, -0.05) is 24.4 Å². The number of piperidine rings is 1. The highest BCUT2D eigenvalue weighted by Gasteiger charge is 2.38. The molecule has 1 aromatic carbocycles. The summed E-state index contributed by atoms with van der Waals surface area (Å²) >= 11 is 6.47. The van der Waals surface area contributed by atoms with Crippen molar-refractivity contribution < 1.29 is 31.1 Å². The topological polar surface area (TPSA) is 129 Å². The van der Waals surface area contributed by atoms with Gasteiger partial charge in [-0.2, -0.15) is 18.2 Å². The number of sulfonamides is 1. The van der Waals surface area contributed by atoms with Gasteiger partial charge in [-0.15, -0.1) is 0 Å². The van der Waals surface area contributed by atoms with Gasteiger partial charge in [-0.3, -0.25) is 4.79 Å². The van der Waals surface area contributed by atoms with E-state index in [0.717, 1.165) is 45.0 Å². The number of amides is 1. The molecule has 1 aliphatic carbocycles. The molecule has 238 valence electrons. The summed E-state index contributed by atoms with van der Waals surface area (Å²) in [5.74, 6) is -0.818. The second-order valence-electron chi connectivity index (χ2n) is 11.0. The van der Waals surface area contributed by atoms with Crippen LogP contribution in [0.3, 0.4) is 0 Å². The molecule has 1 aliphatic heterocycles. The predicted molar refractivity (Wildman–Crippen MR) is 159 cm³/mol. The minimum Gasteiger partial charge on any atom is -0.495 e. The molecule has 3 N–H and O–H groups in total. The minimum absolute atomic E-state index is 0.0102. The highest BCUT2D eigenvalue weighted by Crippen LogP contribution is 2.37. The maximum Gasteiger partial charge on any atom is 0.421 e. The molecule has 4 rings (SSSR count). The molecule has 1 amide bonds. The number of carbonyl (C=O) groups is 1. The summed E-state index contributed by atoms with van der Waals surface area (Å²) in [5.41, 5.74) is -0.659. The Kier molecular flexibility index (Phi) is 10.3. The lowest BCUT2D eigenvalue weighted by Gasteiger charge is -2.37. The molecule has 0 spiro atoms. The summed E-state index contributed by atoms with van der Waals surface area (Å²) in [6, 6.07) is 1.73. The molecule has 1 unspecified atom stereocenters. The SMILES string of the molecule is COc1cc(C(=O)NC2CCN(C)CC2)c(Cl)cc1Nc1ncc(C(F)(F)F)c(N[C@@H]2CCCCC2N(C)S(C)(=O)=O)n1. The summed E-state index contributed by atoms with van der Waals surface area (Å²) in [4.78, 5) is 23.2. The fourth-order valence-electron chi connectivity index (χ4n) is 5.43. The van der Waals surface area contributed by atoms with Crippen molar-refractivity contribution in [3.05, 3.63) is 34.5 Å². The molecule has 2 aliphatic rings. The Balaban J connectivity index is 1.59. The van der Waals surface area contributed by atoms with Crippen molar-refractivity contribution in [2.45, 2.75) is 62.8 Å². The van der Waals surface area contributed by atoms with Crippen molar-refractivity contribution >= 4 is 45.0 Å². The number of methoxy groups -OCH3 is 1. The molecule has 2 fully saturated rings. The van der Waals surface area contributed by atoms with Crippen LogP contribution in [0.4, 0.5) is 30.6 Å². The van der Waals surface area contributed by atoms with E-state index in [-0.39, 0.29) is 39.9 Å². The Bertz CT molecular complexity index is 1420. The van der Waals surface area contributed by atoms with Crippen LogP contribution in [-0.2, 0) is 16.2 Å². The molecular formula is C27H37ClF3N7O4S. The largest absolute Gasteiger partial charge is 0.495 e. The van der Waals surface area contributed by atoms with E-state index in [9.17, 15) is 26.4 Å². The second kappa shape index (κ2) is 13.4. The number of nitrogens with one attached hydrogen (secondary N) is 3. The number of carbonyl (C=O) groups excluding carboxylic acids is 1. The van der Waals surface area contributed by atoms with E-state index >= 15 is 0 Å². The van der Waals surface area contributed by atoms with Crippen molar-refractivity contribution in [2.24, 2.45) is 0 Å². The van der Waals surface area contributed by atoms with Gasteiger partial charge in [0.05, 0.1) is 29.6 Å². The third kappa shape index (κ3) is 8.19. The van der Waals surface area contributed by atoms with Gasteiger partial charge in [-0.25, -0.2) is 17.7 Å². The molecule has 0 bridgehead atoms. The van der Waals surface area contributed by atoms with Gasteiger partial charge in [0.15, 0.2) is 0 Å². The van der Waals surface area contributed by atoms with E-state index in [1.807, 2.05) is 7.05 Å². The zero-order chi connectivity index (χ0) is 31.5. The number of nitrogens with zero attached hydrogens (tertiary/aromatic N) is 4. The molecule has 11 nitrogen and oxygen atoms in total. The highest BCUT2D eigenvalue weighted by atomic mass is 35.5. The quantitative estimate of drug-likeness (QED) is 0.364. The van der Waals surface area contributed by atoms with E-state index in [1.54, 1.807) is 0 Å². The number of anilines is 3. The van der Waals surface area contributed by atoms with E-state index < -0.39 is 39.7 Å². The molecule has 1 saturated heterocycles. The third-order valence-corrected chi connectivity index (χ3v) is 9.60. The first kappa shape index (κ1) is 33.0. The zero-order valence-corrected chi connectivity index (χ0v) is 26.0. The van der Waals surface area contributed by atoms with Crippen LogP contribution in [0.1, 0.15) is 54.4 Å². The van der Waals surface area contributed by atoms with E-state index in [1.165, 1.54) is 30.6 Å². The Morgan fingerprint density at radius 2 is 1.84 bits per heavy atom. The molecule has 2 atom stereocenters. The normalized spacial score (nSPS) is 20.6. The molecule has 1 saturated carbocycles. The number of halogens is 4. The van der Waals surface area contributed by atoms with Crippen LogP contribution in [0.25, 0.3) is 0 Å². The van der Waals surface area contributed by atoms with Crippen LogP contribution in [0.5, 0.6) is 5.75 Å². The summed E-state index contributed by atoms with van der Waals surface area (Å²) in [6.45, 7) is 1.73. The van der Waals surface area contributed by atoms with Crippen molar-refractivity contribution in [1.82, 2.24) is 24.5 Å². The van der Waals surface area contributed by atoms with Crippen molar-refractivity contribution in [1.29, 1.82) is 0 Å². The Morgan fingerprint density at radius 3 is 2.47 bits per heavy atom. The number of ether oxygens (including phenoxy) is 1. The lowest BCUT2D eigenvalue weighted by Crippen LogP contribution is -2.49. The number of hydrogen-bond donors (Lipinski definition) is 3. The fourth-order valence-corrected chi connectivity index (χ4v) is 6.42. The van der Waals surface area contributed by atoms with Gasteiger partial charge in [0.1, 0.15) is 17.1 Å². The van der Waals surface area contributed by atoms with Crippen LogP contribution in [-0.4, -0.2) is 92.2 Å². The summed E-state index contributed by atoms with van der Waals surface area (Å²) in [6.07, 6.45) is 0.994. The number of hydrogen-bond acceptors (Lipinski definition) is 9. The Morgan fingerprint density at radius 1 is 1.16 bits per heavy atom. The third-order valence-electron chi connectivity index (χ3n) is 7.97. The summed E-state index contributed by atoms with van der Waals surface area (Å²) in [5, 5.41) is 8.81. The number of likely N-dealkylation sites (N-methyl/N-ethyl adjacent to an activating group) is 1. The van der Waals surface area contributed by atoms with Crippen LogP contribution < -0.4 is 20.7 Å². The molecule has 0 radical (unpaired) electrons. The lowest BCUT2D eigenvalue weighted by molar-refractivity contribution is -0.137. The Hall–Kier alpha value is -2.88. The van der Waals surface area contributed by atoms with Crippen molar-refractivity contribution in [2.75, 3.05) is 51.2 Å². The van der Waals surface area contributed by atoms with Crippen LogP contribution in [0, 0.1) is 0 Å². The summed E-state index contributed by atoms with van der Waals surface area (Å²) < 4.78 is 72.9. The van der Waals surface area contributed by atoms with Gasteiger partial charge in [0, 0.05) is 31.4 Å². The van der Waals surface area contributed by atoms with Gasteiger partial charge in [0.2, 0.25) is 16.0 Å². The van der Waals surface area contributed by atoms with E-state index in [4.69, 9.17) is 16.3 Å². The maximum absolute atomic E-state index is 14.0. The minimum atomic E-state index is -4.77. The monoisotopic (exact) mass is 647 g/mol. The number of aromatic nitrogens is 2. The first-order valence-corrected chi connectivity index (χ1v) is 16.2. The predicted octanol–water partition coefficient (Wildman–Crippen LogP) is 4.34. The zero-order valence-electron chi connectivity index (χ0n) is 24.5. The molecule has 2 heterocycles. The fraction of sp³-hybridized carbons (Fsp3) is 0.593. The maximum atomic E-state index is 14.0. The molecule has 2 aromatic rings. The number of benzene rings is 1. The van der Waals surface area contributed by atoms with Crippen molar-refractivity contribution in [3.8, 4) is 5.75 Å².